The molecule has 0 amide bonds. The number of benzene rings is 2. The van der Waals surface area contributed by atoms with E-state index in [1.807, 2.05) is 0 Å². The first-order valence-electron chi connectivity index (χ1n) is 5.54. The zero-order chi connectivity index (χ0) is 13.7. The summed E-state index contributed by atoms with van der Waals surface area (Å²) in [5.41, 5.74) is 1.07. The largest absolute Gasteiger partial charge is 0.488 e. The molecule has 2 aromatic rings. The van der Waals surface area contributed by atoms with Gasteiger partial charge in [0.15, 0.2) is 0 Å². The molecule has 0 saturated heterocycles. The summed E-state index contributed by atoms with van der Waals surface area (Å²) in [6.07, 6.45) is 1.27. The third kappa shape index (κ3) is 3.54. The van der Waals surface area contributed by atoms with Gasteiger partial charge in [-0.25, -0.2) is 4.39 Å². The number of oxime groups is 1. The molecule has 0 spiro atoms. The van der Waals surface area contributed by atoms with E-state index in [9.17, 15) is 4.39 Å². The van der Waals surface area contributed by atoms with Crippen LogP contribution in [-0.4, -0.2) is 11.4 Å². The van der Waals surface area contributed by atoms with Gasteiger partial charge in [0, 0.05) is 15.6 Å². The lowest BCUT2D eigenvalue weighted by Crippen LogP contribution is -2.00. The summed E-state index contributed by atoms with van der Waals surface area (Å²) in [6, 6.07) is 11.7. The lowest BCUT2D eigenvalue weighted by Gasteiger charge is -2.09. The molecule has 0 aliphatic rings. The second-order valence-electron chi connectivity index (χ2n) is 3.81. The van der Waals surface area contributed by atoms with Crippen molar-refractivity contribution in [3.05, 3.63) is 63.9 Å². The smallest absolute Gasteiger partial charge is 0.129 e. The maximum atomic E-state index is 13.5. The average molecular weight is 324 g/mol. The van der Waals surface area contributed by atoms with Crippen molar-refractivity contribution >= 4 is 22.1 Å². The number of nitrogens with zero attached hydrogens (tertiary/aromatic N) is 1. The minimum Gasteiger partial charge on any atom is -0.488 e. The molecule has 3 nitrogen and oxygen atoms in total. The maximum Gasteiger partial charge on any atom is 0.129 e. The van der Waals surface area contributed by atoms with E-state index in [0.29, 0.717) is 16.9 Å². The van der Waals surface area contributed by atoms with E-state index in [1.165, 1.54) is 12.3 Å². The summed E-state index contributed by atoms with van der Waals surface area (Å²) in [5.74, 6) is 0.209. The normalized spacial score (nSPS) is 10.8. The van der Waals surface area contributed by atoms with Gasteiger partial charge in [-0.05, 0) is 24.3 Å². The summed E-state index contributed by atoms with van der Waals surface area (Å²) in [7, 11) is 0. The first-order valence-corrected chi connectivity index (χ1v) is 6.33. The topological polar surface area (TPSA) is 41.8 Å². The highest BCUT2D eigenvalue weighted by Gasteiger charge is 2.06. The van der Waals surface area contributed by atoms with Crippen LogP contribution in [-0.2, 0) is 6.61 Å². The fraction of sp³-hybridized carbons (Fsp3) is 0.0714. The van der Waals surface area contributed by atoms with Gasteiger partial charge in [-0.1, -0.05) is 39.3 Å². The Morgan fingerprint density at radius 1 is 1.26 bits per heavy atom. The zero-order valence-electron chi connectivity index (χ0n) is 9.88. The van der Waals surface area contributed by atoms with E-state index in [1.54, 1.807) is 36.4 Å². The molecule has 0 aromatic heterocycles. The Hall–Kier alpha value is -1.88. The van der Waals surface area contributed by atoms with Gasteiger partial charge in [0.05, 0.1) is 6.21 Å². The molecule has 1 N–H and O–H groups in total. The van der Waals surface area contributed by atoms with Crippen molar-refractivity contribution in [3.63, 3.8) is 0 Å². The van der Waals surface area contributed by atoms with Crippen molar-refractivity contribution in [1.29, 1.82) is 0 Å². The monoisotopic (exact) mass is 323 g/mol. The van der Waals surface area contributed by atoms with Crippen LogP contribution >= 0.6 is 15.9 Å². The first-order chi connectivity index (χ1) is 9.20. The van der Waals surface area contributed by atoms with Gasteiger partial charge < -0.3 is 9.94 Å². The van der Waals surface area contributed by atoms with Crippen LogP contribution in [0.3, 0.4) is 0 Å². The van der Waals surface area contributed by atoms with Crippen molar-refractivity contribution in [3.8, 4) is 5.75 Å². The van der Waals surface area contributed by atoms with Crippen LogP contribution in [0.15, 0.2) is 52.1 Å². The minimum atomic E-state index is -0.308. The average Bonchev–Trinajstić information content (AvgIpc) is 2.40. The van der Waals surface area contributed by atoms with E-state index < -0.39 is 0 Å². The van der Waals surface area contributed by atoms with E-state index in [0.717, 1.165) is 4.47 Å². The molecule has 0 atom stereocenters. The molecule has 0 radical (unpaired) electrons. The highest BCUT2D eigenvalue weighted by Crippen LogP contribution is 2.23. The molecule has 5 heteroatoms. The third-order valence-corrected chi connectivity index (χ3v) is 3.00. The Labute approximate surface area is 118 Å². The molecule has 2 rings (SSSR count). The van der Waals surface area contributed by atoms with Crippen LogP contribution in [0.1, 0.15) is 11.1 Å². The van der Waals surface area contributed by atoms with Crippen LogP contribution < -0.4 is 4.74 Å². The molecule has 2 aromatic carbocycles. The highest BCUT2D eigenvalue weighted by atomic mass is 79.9. The first kappa shape index (κ1) is 13.5. The SMILES string of the molecule is ON=Cc1cc(Br)ccc1OCc1ccccc1F. The van der Waals surface area contributed by atoms with Gasteiger partial charge in [-0.15, -0.1) is 0 Å². The van der Waals surface area contributed by atoms with Gasteiger partial charge in [-0.3, -0.25) is 0 Å². The molecule has 0 unspecified atom stereocenters. The fourth-order valence-electron chi connectivity index (χ4n) is 1.58. The second-order valence-corrected chi connectivity index (χ2v) is 4.72. The zero-order valence-corrected chi connectivity index (χ0v) is 11.5. The van der Waals surface area contributed by atoms with Gasteiger partial charge in [0.2, 0.25) is 0 Å². The molecule has 0 aliphatic heterocycles. The third-order valence-electron chi connectivity index (χ3n) is 2.51. The molecular formula is C14H11BrFNO2. The minimum absolute atomic E-state index is 0.112. The summed E-state index contributed by atoms with van der Waals surface area (Å²) < 4.78 is 19.8. The van der Waals surface area contributed by atoms with Crippen LogP contribution in [0.2, 0.25) is 0 Å². The standard InChI is InChI=1S/C14H11BrFNO2/c15-12-5-6-14(11(7-12)8-17-18)19-9-10-3-1-2-4-13(10)16/h1-8,18H,9H2. The van der Waals surface area contributed by atoms with Crippen molar-refractivity contribution in [2.75, 3.05) is 0 Å². The van der Waals surface area contributed by atoms with E-state index in [4.69, 9.17) is 9.94 Å². The van der Waals surface area contributed by atoms with Gasteiger partial charge in [-0.2, -0.15) is 0 Å². The van der Waals surface area contributed by atoms with Crippen molar-refractivity contribution in [2.24, 2.45) is 5.16 Å². The van der Waals surface area contributed by atoms with Crippen molar-refractivity contribution in [2.45, 2.75) is 6.61 Å². The van der Waals surface area contributed by atoms with Crippen LogP contribution in [0, 0.1) is 5.82 Å². The molecule has 0 bridgehead atoms. The molecule has 0 heterocycles. The second kappa shape index (κ2) is 6.33. The number of hydrogen-bond acceptors (Lipinski definition) is 3. The van der Waals surface area contributed by atoms with Gasteiger partial charge in [0.25, 0.3) is 0 Å². The highest BCUT2D eigenvalue weighted by molar-refractivity contribution is 9.10. The quantitative estimate of drug-likeness (QED) is 0.525. The van der Waals surface area contributed by atoms with E-state index >= 15 is 0 Å². The Bertz CT molecular complexity index is 602. The predicted molar refractivity (Wildman–Crippen MR) is 74.3 cm³/mol. The lowest BCUT2D eigenvalue weighted by atomic mass is 10.2. The summed E-state index contributed by atoms with van der Waals surface area (Å²) in [6.45, 7) is 0.112. The van der Waals surface area contributed by atoms with Gasteiger partial charge >= 0.3 is 0 Å². The summed E-state index contributed by atoms with van der Waals surface area (Å²) in [5, 5.41) is 11.6. The molecule has 0 fully saturated rings. The Morgan fingerprint density at radius 2 is 2.05 bits per heavy atom. The fourth-order valence-corrected chi connectivity index (χ4v) is 1.96. The molecule has 0 aliphatic carbocycles. The predicted octanol–water partition coefficient (Wildman–Crippen LogP) is 3.98. The number of halogens is 2. The molecular weight excluding hydrogens is 313 g/mol. The van der Waals surface area contributed by atoms with E-state index in [-0.39, 0.29) is 12.4 Å². The molecule has 0 saturated carbocycles. The summed E-state index contributed by atoms with van der Waals surface area (Å²) >= 11 is 3.32. The number of rotatable bonds is 4. The number of ether oxygens (including phenoxy) is 1. The van der Waals surface area contributed by atoms with Crippen molar-refractivity contribution in [1.82, 2.24) is 0 Å². The Kier molecular flexibility index (Phi) is 4.52. The van der Waals surface area contributed by atoms with Crippen LogP contribution in [0.5, 0.6) is 5.75 Å². The Balaban J connectivity index is 2.18. The van der Waals surface area contributed by atoms with Crippen LogP contribution in [0.4, 0.5) is 4.39 Å². The van der Waals surface area contributed by atoms with Crippen LogP contribution in [0.25, 0.3) is 0 Å². The van der Waals surface area contributed by atoms with E-state index in [2.05, 4.69) is 21.1 Å². The molecule has 19 heavy (non-hydrogen) atoms. The number of hydrogen-bond donors (Lipinski definition) is 1. The van der Waals surface area contributed by atoms with Gasteiger partial charge in [0.1, 0.15) is 18.2 Å². The molecule has 98 valence electrons. The summed E-state index contributed by atoms with van der Waals surface area (Å²) in [4.78, 5) is 0. The maximum absolute atomic E-state index is 13.5. The Morgan fingerprint density at radius 3 is 2.79 bits per heavy atom. The van der Waals surface area contributed by atoms with Crippen molar-refractivity contribution < 1.29 is 14.3 Å². The lowest BCUT2D eigenvalue weighted by molar-refractivity contribution is 0.298.